The first kappa shape index (κ1) is 25.8. The Morgan fingerprint density at radius 2 is 1.92 bits per heavy atom. The lowest BCUT2D eigenvalue weighted by molar-refractivity contribution is -0.129. The Morgan fingerprint density at radius 1 is 1.08 bits per heavy atom. The van der Waals surface area contributed by atoms with Gasteiger partial charge in [0.05, 0.1) is 26.5 Å². The molecule has 1 amide bonds. The third-order valence-corrected chi connectivity index (χ3v) is 4.86. The summed E-state index contributed by atoms with van der Waals surface area (Å²) in [5.74, 6) is 0.567. The van der Waals surface area contributed by atoms with Gasteiger partial charge in [-0.2, -0.15) is 5.26 Å². The highest BCUT2D eigenvalue weighted by atomic mass is 16.6. The Balaban J connectivity index is 1.69. The first-order chi connectivity index (χ1) is 17.5. The van der Waals surface area contributed by atoms with E-state index in [0.717, 1.165) is 12.0 Å². The van der Waals surface area contributed by atoms with Gasteiger partial charge in [0, 0.05) is 11.6 Å². The number of hydrogen-bond donors (Lipinski definition) is 1. The van der Waals surface area contributed by atoms with Gasteiger partial charge in [-0.25, -0.2) is 4.79 Å². The molecule has 1 aromatic heterocycles. The van der Waals surface area contributed by atoms with Crippen LogP contribution < -0.4 is 19.5 Å². The van der Waals surface area contributed by atoms with Crippen molar-refractivity contribution in [1.29, 1.82) is 5.26 Å². The molecule has 0 saturated heterocycles. The number of esters is 1. The predicted octanol–water partition coefficient (Wildman–Crippen LogP) is 4.92. The number of amides is 1. The summed E-state index contributed by atoms with van der Waals surface area (Å²) in [6, 6.07) is 17.4. The SMILES string of the molecule is CCCOc1ccccc1/C=C/C(=O)Oc1ccc(/C=C(\C#N)C(=O)NCc2ccco2)cc1OC. The number of hydrogen-bond acceptors (Lipinski definition) is 7. The summed E-state index contributed by atoms with van der Waals surface area (Å²) in [6.07, 6.45) is 6.71. The second-order valence-corrected chi connectivity index (χ2v) is 7.48. The molecule has 36 heavy (non-hydrogen) atoms. The number of rotatable bonds is 11. The third-order valence-electron chi connectivity index (χ3n) is 4.86. The molecule has 2 aromatic carbocycles. The first-order valence-corrected chi connectivity index (χ1v) is 11.3. The minimum atomic E-state index is -0.600. The van der Waals surface area contributed by atoms with Gasteiger partial charge < -0.3 is 23.9 Å². The van der Waals surface area contributed by atoms with Crippen LogP contribution in [0.5, 0.6) is 17.2 Å². The molecule has 1 heterocycles. The summed E-state index contributed by atoms with van der Waals surface area (Å²) in [4.78, 5) is 24.8. The second kappa shape index (κ2) is 13.2. The van der Waals surface area contributed by atoms with Crippen LogP contribution >= 0.6 is 0 Å². The quantitative estimate of drug-likeness (QED) is 0.177. The lowest BCUT2D eigenvalue weighted by atomic mass is 10.1. The zero-order chi connectivity index (χ0) is 25.8. The zero-order valence-corrected chi connectivity index (χ0v) is 20.0. The highest BCUT2D eigenvalue weighted by Gasteiger charge is 2.13. The molecule has 184 valence electrons. The fourth-order valence-corrected chi connectivity index (χ4v) is 3.11. The van der Waals surface area contributed by atoms with E-state index in [0.29, 0.717) is 23.7 Å². The Kier molecular flexibility index (Phi) is 9.48. The Bertz CT molecular complexity index is 1290. The standard InChI is InChI=1S/C28H26N2O6/c1-3-14-35-24-9-5-4-7-21(24)11-13-27(31)36-25-12-10-20(17-26(25)33-2)16-22(18-29)28(32)30-19-23-8-6-15-34-23/h4-13,15-17H,3,14,19H2,1-2H3,(H,30,32)/b13-11+,22-16+. The average Bonchev–Trinajstić information content (AvgIpc) is 3.43. The van der Waals surface area contributed by atoms with E-state index in [1.807, 2.05) is 37.3 Å². The van der Waals surface area contributed by atoms with E-state index >= 15 is 0 Å². The topological polar surface area (TPSA) is 111 Å². The van der Waals surface area contributed by atoms with Crippen LogP contribution in [0, 0.1) is 11.3 Å². The molecule has 3 aromatic rings. The van der Waals surface area contributed by atoms with E-state index in [9.17, 15) is 14.9 Å². The number of methoxy groups -OCH3 is 1. The molecule has 0 aliphatic carbocycles. The second-order valence-electron chi connectivity index (χ2n) is 7.48. The monoisotopic (exact) mass is 486 g/mol. The van der Waals surface area contributed by atoms with Crippen LogP contribution in [-0.2, 0) is 16.1 Å². The molecular formula is C28H26N2O6. The minimum Gasteiger partial charge on any atom is -0.493 e. The predicted molar refractivity (Wildman–Crippen MR) is 134 cm³/mol. The number of nitrogens with one attached hydrogen (secondary N) is 1. The number of carbonyl (C=O) groups is 2. The molecule has 0 fully saturated rings. The van der Waals surface area contributed by atoms with E-state index < -0.39 is 11.9 Å². The molecule has 1 N–H and O–H groups in total. The highest BCUT2D eigenvalue weighted by Crippen LogP contribution is 2.29. The van der Waals surface area contributed by atoms with Gasteiger partial charge >= 0.3 is 5.97 Å². The van der Waals surface area contributed by atoms with Crippen molar-refractivity contribution in [3.8, 4) is 23.3 Å². The maximum absolute atomic E-state index is 12.4. The molecule has 0 spiro atoms. The van der Waals surface area contributed by atoms with Crippen molar-refractivity contribution >= 4 is 24.0 Å². The number of nitriles is 1. The molecule has 0 atom stereocenters. The van der Waals surface area contributed by atoms with E-state index in [4.69, 9.17) is 18.6 Å². The van der Waals surface area contributed by atoms with Crippen LogP contribution in [0.2, 0.25) is 0 Å². The van der Waals surface area contributed by atoms with Crippen molar-refractivity contribution in [1.82, 2.24) is 5.32 Å². The molecule has 0 radical (unpaired) electrons. The Hall–Kier alpha value is -4.77. The molecular weight excluding hydrogens is 460 g/mol. The van der Waals surface area contributed by atoms with Crippen molar-refractivity contribution in [2.24, 2.45) is 0 Å². The first-order valence-electron chi connectivity index (χ1n) is 11.3. The van der Waals surface area contributed by atoms with Gasteiger partial charge in [-0.15, -0.1) is 0 Å². The summed E-state index contributed by atoms with van der Waals surface area (Å²) in [6.45, 7) is 2.75. The van der Waals surface area contributed by atoms with Crippen LogP contribution in [-0.4, -0.2) is 25.6 Å². The van der Waals surface area contributed by atoms with Crippen LogP contribution in [0.1, 0.15) is 30.2 Å². The number of furan rings is 1. The lowest BCUT2D eigenvalue weighted by Gasteiger charge is -2.10. The fourth-order valence-electron chi connectivity index (χ4n) is 3.11. The molecule has 8 heteroatoms. The maximum atomic E-state index is 12.4. The summed E-state index contributed by atoms with van der Waals surface area (Å²) in [7, 11) is 1.43. The fraction of sp³-hybridized carbons (Fsp3) is 0.179. The summed E-state index contributed by atoms with van der Waals surface area (Å²) in [5.41, 5.74) is 1.18. The van der Waals surface area contributed by atoms with Crippen molar-refractivity contribution in [3.63, 3.8) is 0 Å². The van der Waals surface area contributed by atoms with Gasteiger partial charge in [0.2, 0.25) is 0 Å². The smallest absolute Gasteiger partial charge is 0.336 e. The molecule has 8 nitrogen and oxygen atoms in total. The molecule has 0 unspecified atom stereocenters. The van der Waals surface area contributed by atoms with E-state index in [2.05, 4.69) is 5.32 Å². The van der Waals surface area contributed by atoms with E-state index in [1.54, 1.807) is 30.3 Å². The van der Waals surface area contributed by atoms with Crippen LogP contribution in [0.3, 0.4) is 0 Å². The Morgan fingerprint density at radius 3 is 2.64 bits per heavy atom. The summed E-state index contributed by atoms with van der Waals surface area (Å²) in [5, 5.41) is 12.0. The summed E-state index contributed by atoms with van der Waals surface area (Å²) < 4.78 is 21.6. The minimum absolute atomic E-state index is 0.0970. The number of carbonyl (C=O) groups excluding carboxylic acids is 2. The van der Waals surface area contributed by atoms with Gasteiger partial charge in [-0.1, -0.05) is 31.2 Å². The zero-order valence-electron chi connectivity index (χ0n) is 20.0. The van der Waals surface area contributed by atoms with Crippen LogP contribution in [0.4, 0.5) is 0 Å². The molecule has 0 saturated carbocycles. The van der Waals surface area contributed by atoms with Gasteiger partial charge in [-0.05, 0) is 54.5 Å². The van der Waals surface area contributed by atoms with Gasteiger partial charge in [0.1, 0.15) is 23.2 Å². The summed E-state index contributed by atoms with van der Waals surface area (Å²) >= 11 is 0. The number of ether oxygens (including phenoxy) is 3. The number of nitrogens with zero attached hydrogens (tertiary/aromatic N) is 1. The van der Waals surface area contributed by atoms with Gasteiger partial charge in [-0.3, -0.25) is 4.79 Å². The van der Waals surface area contributed by atoms with Gasteiger partial charge in [0.25, 0.3) is 5.91 Å². The van der Waals surface area contributed by atoms with Crippen molar-refractivity contribution in [3.05, 3.63) is 89.4 Å². The van der Waals surface area contributed by atoms with Gasteiger partial charge in [0.15, 0.2) is 11.5 Å². The third kappa shape index (κ3) is 7.37. The molecule has 0 bridgehead atoms. The van der Waals surface area contributed by atoms with E-state index in [-0.39, 0.29) is 23.6 Å². The highest BCUT2D eigenvalue weighted by molar-refractivity contribution is 6.01. The molecule has 0 aliphatic rings. The molecule has 3 rings (SSSR count). The lowest BCUT2D eigenvalue weighted by Crippen LogP contribution is -2.23. The Labute approximate surface area is 209 Å². The number of para-hydroxylation sites is 1. The van der Waals surface area contributed by atoms with Crippen LogP contribution in [0.25, 0.3) is 12.2 Å². The van der Waals surface area contributed by atoms with Crippen LogP contribution in [0.15, 0.2) is 76.9 Å². The molecule has 0 aliphatic heterocycles. The normalized spacial score (nSPS) is 11.1. The van der Waals surface area contributed by atoms with Crippen molar-refractivity contribution < 1.29 is 28.2 Å². The van der Waals surface area contributed by atoms with Crippen molar-refractivity contribution in [2.45, 2.75) is 19.9 Å². The van der Waals surface area contributed by atoms with Crippen molar-refractivity contribution in [2.75, 3.05) is 13.7 Å². The maximum Gasteiger partial charge on any atom is 0.336 e. The number of benzene rings is 2. The largest absolute Gasteiger partial charge is 0.493 e. The van der Waals surface area contributed by atoms with E-state index in [1.165, 1.54) is 31.6 Å². The average molecular weight is 487 g/mol.